The minimum absolute atomic E-state index is 0.0817. The number of rotatable bonds is 2. The summed E-state index contributed by atoms with van der Waals surface area (Å²) in [7, 11) is 0. The molecule has 2 saturated heterocycles. The van der Waals surface area contributed by atoms with Gasteiger partial charge in [0.05, 0.1) is 6.10 Å². The van der Waals surface area contributed by atoms with Gasteiger partial charge in [0.1, 0.15) is 12.2 Å². The Balaban J connectivity index is 2.12. The van der Waals surface area contributed by atoms with Crippen molar-refractivity contribution in [2.45, 2.75) is 50.4 Å². The summed E-state index contributed by atoms with van der Waals surface area (Å²) in [6.07, 6.45) is 1.90. The zero-order chi connectivity index (χ0) is 11.1. The standard InChI is InChI=1S/C11H19NO3/c1-4-5-7-9-10(8(13)6-12-7)15-11(2,3)14-9/h4,7-10,12-13H,1,5-6H2,2-3H3/t7?,8-,9+,10-/m1/s1. The summed E-state index contributed by atoms with van der Waals surface area (Å²) in [4.78, 5) is 0. The van der Waals surface area contributed by atoms with Crippen molar-refractivity contribution >= 4 is 0 Å². The fraction of sp³-hybridized carbons (Fsp3) is 0.818. The number of hydrogen-bond donors (Lipinski definition) is 2. The number of fused-ring (bicyclic) bond motifs is 1. The van der Waals surface area contributed by atoms with Crippen molar-refractivity contribution in [3.05, 3.63) is 12.7 Å². The Morgan fingerprint density at radius 2 is 2.13 bits per heavy atom. The number of aliphatic hydroxyl groups is 1. The van der Waals surface area contributed by atoms with E-state index in [1.54, 1.807) is 0 Å². The normalized spacial score (nSPS) is 43.7. The monoisotopic (exact) mass is 213 g/mol. The largest absolute Gasteiger partial charge is 0.389 e. The van der Waals surface area contributed by atoms with Crippen LogP contribution in [0.1, 0.15) is 20.3 Å². The van der Waals surface area contributed by atoms with Gasteiger partial charge >= 0.3 is 0 Å². The lowest BCUT2D eigenvalue weighted by Crippen LogP contribution is -2.58. The van der Waals surface area contributed by atoms with Crippen molar-refractivity contribution in [2.24, 2.45) is 0 Å². The van der Waals surface area contributed by atoms with Crippen LogP contribution in [-0.4, -0.2) is 41.8 Å². The Bertz CT molecular complexity index is 254. The lowest BCUT2D eigenvalue weighted by atomic mass is 9.94. The highest BCUT2D eigenvalue weighted by Crippen LogP contribution is 2.34. The van der Waals surface area contributed by atoms with Gasteiger partial charge in [0.25, 0.3) is 0 Å². The fourth-order valence-corrected chi connectivity index (χ4v) is 2.33. The van der Waals surface area contributed by atoms with E-state index < -0.39 is 11.9 Å². The molecule has 2 fully saturated rings. The van der Waals surface area contributed by atoms with E-state index in [0.717, 1.165) is 6.42 Å². The van der Waals surface area contributed by atoms with Gasteiger partial charge in [-0.15, -0.1) is 6.58 Å². The molecule has 2 heterocycles. The van der Waals surface area contributed by atoms with Crippen molar-refractivity contribution in [2.75, 3.05) is 6.54 Å². The zero-order valence-electron chi connectivity index (χ0n) is 9.27. The third-order valence-corrected chi connectivity index (χ3v) is 2.95. The molecule has 2 aliphatic rings. The number of nitrogens with one attached hydrogen (secondary N) is 1. The summed E-state index contributed by atoms with van der Waals surface area (Å²) >= 11 is 0. The summed E-state index contributed by atoms with van der Waals surface area (Å²) in [5, 5.41) is 13.1. The first-order valence-electron chi connectivity index (χ1n) is 5.41. The van der Waals surface area contributed by atoms with Crippen LogP contribution in [0.5, 0.6) is 0 Å². The van der Waals surface area contributed by atoms with Gasteiger partial charge in [-0.2, -0.15) is 0 Å². The van der Waals surface area contributed by atoms with Gasteiger partial charge < -0.3 is 19.9 Å². The maximum atomic E-state index is 9.80. The second-order valence-electron chi connectivity index (χ2n) is 4.67. The highest BCUT2D eigenvalue weighted by Gasteiger charge is 2.50. The van der Waals surface area contributed by atoms with Crippen LogP contribution >= 0.6 is 0 Å². The van der Waals surface area contributed by atoms with Gasteiger partial charge in [-0.25, -0.2) is 0 Å². The Labute approximate surface area is 90.3 Å². The molecule has 0 radical (unpaired) electrons. The molecule has 1 unspecified atom stereocenters. The van der Waals surface area contributed by atoms with Crippen molar-refractivity contribution < 1.29 is 14.6 Å². The van der Waals surface area contributed by atoms with E-state index in [0.29, 0.717) is 6.54 Å². The third-order valence-electron chi connectivity index (χ3n) is 2.95. The molecule has 0 amide bonds. The molecule has 2 aliphatic heterocycles. The molecular formula is C11H19NO3. The van der Waals surface area contributed by atoms with Crippen molar-refractivity contribution in [1.82, 2.24) is 5.32 Å². The Morgan fingerprint density at radius 3 is 2.80 bits per heavy atom. The average molecular weight is 213 g/mol. The summed E-state index contributed by atoms with van der Waals surface area (Å²) in [5.41, 5.74) is 0. The van der Waals surface area contributed by atoms with Crippen LogP contribution in [0.3, 0.4) is 0 Å². The highest BCUT2D eigenvalue weighted by atomic mass is 16.8. The first-order valence-corrected chi connectivity index (χ1v) is 5.41. The molecule has 4 atom stereocenters. The lowest BCUT2D eigenvalue weighted by Gasteiger charge is -2.35. The minimum Gasteiger partial charge on any atom is -0.389 e. The van der Waals surface area contributed by atoms with E-state index in [1.165, 1.54) is 0 Å². The van der Waals surface area contributed by atoms with E-state index in [4.69, 9.17) is 9.47 Å². The molecule has 4 nitrogen and oxygen atoms in total. The minimum atomic E-state index is -0.595. The van der Waals surface area contributed by atoms with E-state index in [-0.39, 0.29) is 18.2 Å². The maximum Gasteiger partial charge on any atom is 0.163 e. The molecule has 0 saturated carbocycles. The SMILES string of the molecule is C=CCC1NC[C@@H](O)[C@H]2OC(C)(C)O[C@@H]12. The second kappa shape index (κ2) is 3.87. The van der Waals surface area contributed by atoms with Gasteiger partial charge in [-0.1, -0.05) is 6.08 Å². The fourth-order valence-electron chi connectivity index (χ4n) is 2.33. The van der Waals surface area contributed by atoms with Crippen LogP contribution in [0.15, 0.2) is 12.7 Å². The van der Waals surface area contributed by atoms with E-state index >= 15 is 0 Å². The van der Waals surface area contributed by atoms with Crippen LogP contribution < -0.4 is 5.32 Å². The van der Waals surface area contributed by atoms with E-state index in [2.05, 4.69) is 11.9 Å². The van der Waals surface area contributed by atoms with Gasteiger partial charge in [0.2, 0.25) is 0 Å². The summed E-state index contributed by atoms with van der Waals surface area (Å²) in [6, 6.07) is 0.192. The number of hydrogen-bond acceptors (Lipinski definition) is 4. The van der Waals surface area contributed by atoms with Crippen LogP contribution in [0, 0.1) is 0 Å². The molecule has 86 valence electrons. The van der Waals surface area contributed by atoms with Gasteiger partial charge in [0.15, 0.2) is 5.79 Å². The molecule has 0 spiro atoms. The molecule has 15 heavy (non-hydrogen) atoms. The molecule has 0 aromatic heterocycles. The smallest absolute Gasteiger partial charge is 0.163 e. The number of aliphatic hydroxyl groups excluding tert-OH is 1. The van der Waals surface area contributed by atoms with Crippen LogP contribution in [-0.2, 0) is 9.47 Å². The van der Waals surface area contributed by atoms with Gasteiger partial charge in [-0.05, 0) is 20.3 Å². The topological polar surface area (TPSA) is 50.7 Å². The second-order valence-corrected chi connectivity index (χ2v) is 4.67. The van der Waals surface area contributed by atoms with Gasteiger partial charge in [0, 0.05) is 12.6 Å². The Kier molecular flexibility index (Phi) is 2.85. The predicted octanol–water partition coefficient (Wildman–Crippen LogP) is 0.415. The third kappa shape index (κ3) is 2.08. The number of β-amino-alcohol motifs (C(OH)–C–C–N with tert-alkyl or cyclic N) is 1. The molecule has 0 aromatic carbocycles. The quantitative estimate of drug-likeness (QED) is 0.653. The molecule has 4 heteroatoms. The average Bonchev–Trinajstić information content (AvgIpc) is 2.47. The first kappa shape index (κ1) is 11.1. The number of piperidine rings is 1. The van der Waals surface area contributed by atoms with Crippen molar-refractivity contribution in [3.63, 3.8) is 0 Å². The number of ether oxygens (including phenoxy) is 2. The highest BCUT2D eigenvalue weighted by molar-refractivity contribution is 5.00. The summed E-state index contributed by atoms with van der Waals surface area (Å²) in [6.45, 7) is 8.04. The molecule has 0 aliphatic carbocycles. The van der Waals surface area contributed by atoms with Crippen LogP contribution in [0.4, 0.5) is 0 Å². The maximum absolute atomic E-state index is 9.80. The van der Waals surface area contributed by atoms with Crippen LogP contribution in [0.2, 0.25) is 0 Å². The van der Waals surface area contributed by atoms with Gasteiger partial charge in [-0.3, -0.25) is 0 Å². The molecule has 2 N–H and O–H groups in total. The van der Waals surface area contributed by atoms with Crippen molar-refractivity contribution in [3.8, 4) is 0 Å². The summed E-state index contributed by atoms with van der Waals surface area (Å²) in [5.74, 6) is -0.595. The molecule has 2 rings (SSSR count). The van der Waals surface area contributed by atoms with E-state index in [1.807, 2.05) is 19.9 Å². The molecular weight excluding hydrogens is 194 g/mol. The summed E-state index contributed by atoms with van der Waals surface area (Å²) < 4.78 is 11.5. The Hall–Kier alpha value is -0.420. The lowest BCUT2D eigenvalue weighted by molar-refractivity contribution is -0.153. The molecule has 0 aromatic rings. The zero-order valence-corrected chi connectivity index (χ0v) is 9.27. The van der Waals surface area contributed by atoms with Crippen LogP contribution in [0.25, 0.3) is 0 Å². The van der Waals surface area contributed by atoms with Crippen molar-refractivity contribution in [1.29, 1.82) is 0 Å². The first-order chi connectivity index (χ1) is 7.03. The molecule has 0 bridgehead atoms. The Morgan fingerprint density at radius 1 is 1.47 bits per heavy atom. The van der Waals surface area contributed by atoms with E-state index in [9.17, 15) is 5.11 Å². The predicted molar refractivity (Wildman–Crippen MR) is 56.4 cm³/mol.